The molecule has 0 N–H and O–H groups in total. The van der Waals surface area contributed by atoms with Crippen molar-refractivity contribution in [2.24, 2.45) is 0 Å². The second-order valence-corrected chi connectivity index (χ2v) is 12.4. The summed E-state index contributed by atoms with van der Waals surface area (Å²) in [6, 6.07) is 9.50. The van der Waals surface area contributed by atoms with Crippen LogP contribution in [0.25, 0.3) is 11.4 Å². The van der Waals surface area contributed by atoms with Crippen LogP contribution in [0, 0.1) is 5.82 Å². The first-order valence-electron chi connectivity index (χ1n) is 15.1. The number of likely N-dealkylation sites (tertiary alicyclic amines) is 1. The number of ether oxygens (including phenoxy) is 3. The van der Waals surface area contributed by atoms with E-state index in [1.165, 1.54) is 37.7 Å². The molecule has 1 aromatic heterocycles. The topological polar surface area (TPSA) is 111 Å². The fourth-order valence-corrected chi connectivity index (χ4v) is 5.51. The molecule has 1 saturated heterocycles. The van der Waals surface area contributed by atoms with Gasteiger partial charge in [-0.3, -0.25) is 9.59 Å². The lowest BCUT2D eigenvalue weighted by atomic mass is 10.0. The number of ketones is 1. The maximum atomic E-state index is 15.2. The summed E-state index contributed by atoms with van der Waals surface area (Å²) in [6.07, 6.45) is 5.70. The zero-order chi connectivity index (χ0) is 32.3. The number of halogens is 1. The first-order chi connectivity index (χ1) is 21.5. The average molecular weight is 619 g/mol. The first-order valence-corrected chi connectivity index (χ1v) is 15.1. The Labute approximate surface area is 262 Å². The van der Waals surface area contributed by atoms with E-state index in [1.54, 1.807) is 30.2 Å². The van der Waals surface area contributed by atoms with Gasteiger partial charge in [0.15, 0.2) is 11.6 Å². The smallest absolute Gasteiger partial charge is 0.410 e. The number of rotatable bonds is 9. The molecule has 10 nitrogen and oxygen atoms in total. The van der Waals surface area contributed by atoms with Crippen LogP contribution in [0.1, 0.15) is 72.7 Å². The van der Waals surface area contributed by atoms with E-state index in [0.29, 0.717) is 48.6 Å². The Hall–Kier alpha value is -4.54. The molecule has 0 bridgehead atoms. The van der Waals surface area contributed by atoms with Crippen molar-refractivity contribution in [2.45, 2.75) is 70.6 Å². The number of nitrogens with zero attached hydrogens (tertiary/aromatic N) is 4. The third-order valence-electron chi connectivity index (χ3n) is 7.96. The van der Waals surface area contributed by atoms with Crippen LogP contribution >= 0.6 is 0 Å². The molecule has 1 saturated carbocycles. The second-order valence-electron chi connectivity index (χ2n) is 12.4. The molecule has 0 radical (unpaired) electrons. The Morgan fingerprint density at radius 1 is 0.911 bits per heavy atom. The molecule has 0 spiro atoms. The van der Waals surface area contributed by atoms with E-state index < -0.39 is 11.4 Å². The standard InChI is InChI=1S/C34H39FN4O6/c1-34(2,3)45-33(42)38-14-12-25(13-15-38)39(24-8-9-24)32(41)23-19-36-31(37-20-23)27-11-7-21(16-28(27)35)29(40)17-22-6-10-26(43-4)18-30(22)44-5/h6-7,10-11,16,18-20,24-25H,8-9,12-15,17H2,1-5H3. The number of hydrogen-bond acceptors (Lipinski definition) is 8. The number of carbonyl (C=O) groups is 3. The summed E-state index contributed by atoms with van der Waals surface area (Å²) < 4.78 is 31.3. The zero-order valence-electron chi connectivity index (χ0n) is 26.3. The van der Waals surface area contributed by atoms with Gasteiger partial charge in [-0.15, -0.1) is 0 Å². The van der Waals surface area contributed by atoms with Crippen molar-refractivity contribution < 1.29 is 33.0 Å². The molecule has 2 aromatic carbocycles. The van der Waals surface area contributed by atoms with Crippen LogP contribution in [0.3, 0.4) is 0 Å². The van der Waals surface area contributed by atoms with Crippen LogP contribution in [-0.2, 0) is 11.2 Å². The number of carbonyl (C=O) groups excluding carboxylic acids is 3. The number of piperidine rings is 1. The highest BCUT2D eigenvalue weighted by Crippen LogP contribution is 2.34. The van der Waals surface area contributed by atoms with Gasteiger partial charge in [-0.2, -0.15) is 0 Å². The average Bonchev–Trinajstić information content (AvgIpc) is 3.86. The van der Waals surface area contributed by atoms with Crippen LogP contribution in [0.2, 0.25) is 0 Å². The van der Waals surface area contributed by atoms with Gasteiger partial charge in [0.05, 0.1) is 25.3 Å². The van der Waals surface area contributed by atoms with Crippen LogP contribution < -0.4 is 9.47 Å². The molecule has 3 aromatic rings. The van der Waals surface area contributed by atoms with Crippen LogP contribution in [0.15, 0.2) is 48.8 Å². The van der Waals surface area contributed by atoms with Gasteiger partial charge >= 0.3 is 6.09 Å². The Bertz CT molecular complexity index is 1560. The Morgan fingerprint density at radius 3 is 2.16 bits per heavy atom. The minimum absolute atomic E-state index is 0.0104. The fraction of sp³-hybridized carbons (Fsp3) is 0.441. The molecule has 238 valence electrons. The van der Waals surface area contributed by atoms with E-state index in [4.69, 9.17) is 14.2 Å². The van der Waals surface area contributed by atoms with Crippen molar-refractivity contribution in [1.29, 1.82) is 0 Å². The van der Waals surface area contributed by atoms with Crippen LogP contribution in [0.5, 0.6) is 11.5 Å². The van der Waals surface area contributed by atoms with Crippen molar-refractivity contribution in [3.8, 4) is 22.9 Å². The summed E-state index contributed by atoms with van der Waals surface area (Å²) >= 11 is 0. The normalized spacial score (nSPS) is 15.4. The summed E-state index contributed by atoms with van der Waals surface area (Å²) in [7, 11) is 3.06. The quantitative estimate of drug-likeness (QED) is 0.280. The summed E-state index contributed by atoms with van der Waals surface area (Å²) in [5, 5.41) is 0. The monoisotopic (exact) mass is 618 g/mol. The molecule has 2 fully saturated rings. The van der Waals surface area contributed by atoms with E-state index >= 15 is 4.39 Å². The minimum atomic E-state index is -0.641. The largest absolute Gasteiger partial charge is 0.497 e. The van der Waals surface area contributed by atoms with Crippen LogP contribution in [-0.4, -0.2) is 82.5 Å². The summed E-state index contributed by atoms with van der Waals surface area (Å²) in [4.78, 5) is 51.3. The number of benzene rings is 2. The number of aromatic nitrogens is 2. The van der Waals surface area contributed by atoms with Gasteiger partial charge in [0.25, 0.3) is 5.91 Å². The summed E-state index contributed by atoms with van der Waals surface area (Å²) in [5.41, 5.74) is 0.747. The maximum absolute atomic E-state index is 15.2. The molecule has 5 rings (SSSR count). The molecule has 0 unspecified atom stereocenters. The number of methoxy groups -OCH3 is 2. The van der Waals surface area contributed by atoms with E-state index in [1.807, 2.05) is 25.7 Å². The van der Waals surface area contributed by atoms with Crippen molar-refractivity contribution >= 4 is 17.8 Å². The SMILES string of the molecule is COc1ccc(CC(=O)c2ccc(-c3ncc(C(=O)N(C4CC4)C4CCN(C(=O)OC(C)(C)C)CC4)cn3)c(F)c2)c(OC)c1. The third kappa shape index (κ3) is 7.58. The van der Waals surface area contributed by atoms with Crippen molar-refractivity contribution in [1.82, 2.24) is 19.8 Å². The predicted molar refractivity (Wildman–Crippen MR) is 165 cm³/mol. The molecule has 11 heteroatoms. The lowest BCUT2D eigenvalue weighted by Gasteiger charge is -2.39. The molecule has 2 amide bonds. The van der Waals surface area contributed by atoms with Gasteiger partial charge in [-0.05, 0) is 64.7 Å². The predicted octanol–water partition coefficient (Wildman–Crippen LogP) is 5.73. The number of hydrogen-bond donors (Lipinski definition) is 0. The van der Waals surface area contributed by atoms with Crippen molar-refractivity contribution in [2.75, 3.05) is 27.3 Å². The van der Waals surface area contributed by atoms with Crippen molar-refractivity contribution in [3.63, 3.8) is 0 Å². The molecular weight excluding hydrogens is 579 g/mol. The first kappa shape index (κ1) is 31.9. The van der Waals surface area contributed by atoms with Gasteiger partial charge in [0.1, 0.15) is 22.9 Å². The molecule has 1 aliphatic heterocycles. The third-order valence-corrected chi connectivity index (χ3v) is 7.96. The van der Waals surface area contributed by atoms with Gasteiger partial charge in [-0.25, -0.2) is 19.2 Å². The Kier molecular flexibility index (Phi) is 9.36. The van der Waals surface area contributed by atoms with E-state index in [-0.39, 0.29) is 53.2 Å². The number of amides is 2. The molecule has 1 aliphatic carbocycles. The Morgan fingerprint density at radius 2 is 1.58 bits per heavy atom. The maximum Gasteiger partial charge on any atom is 0.410 e. The minimum Gasteiger partial charge on any atom is -0.497 e. The highest BCUT2D eigenvalue weighted by molar-refractivity contribution is 5.98. The molecule has 45 heavy (non-hydrogen) atoms. The van der Waals surface area contributed by atoms with Gasteiger partial charge in [0, 0.05) is 61.2 Å². The highest BCUT2D eigenvalue weighted by atomic mass is 19.1. The molecule has 2 aliphatic rings. The fourth-order valence-electron chi connectivity index (χ4n) is 5.51. The Balaban J connectivity index is 1.24. The highest BCUT2D eigenvalue weighted by Gasteiger charge is 2.40. The lowest BCUT2D eigenvalue weighted by Crippen LogP contribution is -2.50. The summed E-state index contributed by atoms with van der Waals surface area (Å²) in [6.45, 7) is 6.54. The van der Waals surface area contributed by atoms with Gasteiger partial charge < -0.3 is 24.0 Å². The number of Topliss-reactive ketones (excluding diaryl/α,β-unsaturated/α-hetero) is 1. The zero-order valence-corrected chi connectivity index (χ0v) is 26.3. The lowest BCUT2D eigenvalue weighted by molar-refractivity contribution is 0.0142. The molecule has 0 atom stereocenters. The summed E-state index contributed by atoms with van der Waals surface area (Å²) in [5.74, 6) is 0.140. The molecule has 2 heterocycles. The second kappa shape index (κ2) is 13.2. The van der Waals surface area contributed by atoms with Gasteiger partial charge in [0.2, 0.25) is 0 Å². The van der Waals surface area contributed by atoms with Crippen LogP contribution in [0.4, 0.5) is 9.18 Å². The van der Waals surface area contributed by atoms with Crippen molar-refractivity contribution in [3.05, 3.63) is 71.3 Å². The van der Waals surface area contributed by atoms with E-state index in [9.17, 15) is 14.4 Å². The molecular formula is C34H39FN4O6. The van der Waals surface area contributed by atoms with E-state index in [0.717, 1.165) is 12.8 Å². The van der Waals surface area contributed by atoms with Gasteiger partial charge in [-0.1, -0.05) is 12.1 Å². The van der Waals surface area contributed by atoms with E-state index in [2.05, 4.69) is 9.97 Å².